The van der Waals surface area contributed by atoms with E-state index in [0.29, 0.717) is 0 Å². The molecule has 2 nitrogen and oxygen atoms in total. The molecule has 0 unspecified atom stereocenters. The monoisotopic (exact) mass is 254 g/mol. The number of benzene rings is 2. The van der Waals surface area contributed by atoms with Gasteiger partial charge in [0.25, 0.3) is 0 Å². The van der Waals surface area contributed by atoms with Crippen LogP contribution in [-0.4, -0.2) is 4.98 Å². The van der Waals surface area contributed by atoms with E-state index in [2.05, 4.69) is 31.2 Å². The molecule has 0 amide bonds. The lowest BCUT2D eigenvalue weighted by Crippen LogP contribution is -1.90. The van der Waals surface area contributed by atoms with Crippen LogP contribution < -0.4 is 5.73 Å². The van der Waals surface area contributed by atoms with Crippen LogP contribution in [0, 0.1) is 6.92 Å². The predicted octanol–water partition coefficient (Wildman–Crippen LogP) is 3.78. The van der Waals surface area contributed by atoms with E-state index in [1.54, 1.807) is 11.3 Å². The van der Waals surface area contributed by atoms with Gasteiger partial charge in [0.1, 0.15) is 0 Å². The van der Waals surface area contributed by atoms with E-state index in [-0.39, 0.29) is 0 Å². The van der Waals surface area contributed by atoms with Gasteiger partial charge < -0.3 is 5.73 Å². The Morgan fingerprint density at radius 2 is 2.00 bits per heavy atom. The Bertz CT molecular complexity index is 701. The van der Waals surface area contributed by atoms with Crippen LogP contribution in [0.1, 0.15) is 16.1 Å². The third-order valence-electron chi connectivity index (χ3n) is 2.97. The van der Waals surface area contributed by atoms with Crippen molar-refractivity contribution in [1.82, 2.24) is 4.98 Å². The van der Waals surface area contributed by atoms with Crippen LogP contribution in [0.3, 0.4) is 0 Å². The summed E-state index contributed by atoms with van der Waals surface area (Å²) in [6.07, 6.45) is 0.851. The number of nitrogens with two attached hydrogens (primary N) is 1. The maximum Gasteiger partial charge on any atom is 0.0982 e. The van der Waals surface area contributed by atoms with Crippen molar-refractivity contribution < 1.29 is 0 Å². The van der Waals surface area contributed by atoms with Gasteiger partial charge in [-0.15, -0.1) is 11.3 Å². The molecule has 3 heteroatoms. The van der Waals surface area contributed by atoms with Gasteiger partial charge in [-0.3, -0.25) is 0 Å². The van der Waals surface area contributed by atoms with Crippen LogP contribution >= 0.6 is 11.3 Å². The summed E-state index contributed by atoms with van der Waals surface area (Å²) in [4.78, 5) is 4.71. The molecule has 0 saturated heterocycles. The summed E-state index contributed by atoms with van der Waals surface area (Å²) in [6, 6.07) is 14.3. The van der Waals surface area contributed by atoms with Gasteiger partial charge in [-0.25, -0.2) is 4.98 Å². The molecule has 90 valence electrons. The maximum absolute atomic E-state index is 5.79. The van der Waals surface area contributed by atoms with Crippen molar-refractivity contribution in [2.45, 2.75) is 13.3 Å². The van der Waals surface area contributed by atoms with Crippen LogP contribution in [0.25, 0.3) is 10.2 Å². The summed E-state index contributed by atoms with van der Waals surface area (Å²) in [6.45, 7) is 2.10. The summed E-state index contributed by atoms with van der Waals surface area (Å²) in [5.74, 6) is 0. The number of nitrogens with zero attached hydrogens (tertiary/aromatic N) is 1. The van der Waals surface area contributed by atoms with Crippen molar-refractivity contribution in [3.63, 3.8) is 0 Å². The minimum Gasteiger partial charge on any atom is -0.399 e. The standard InChI is InChI=1S/C15H14N2S/c1-10-4-2-7-13-15(10)17-14(18-13)9-11-5-3-6-12(16)8-11/h2-8H,9,16H2,1H3. The fourth-order valence-corrected chi connectivity index (χ4v) is 3.16. The van der Waals surface area contributed by atoms with Crippen LogP contribution in [0.2, 0.25) is 0 Å². The number of thiazole rings is 1. The van der Waals surface area contributed by atoms with Crippen LogP contribution in [0.5, 0.6) is 0 Å². The summed E-state index contributed by atoms with van der Waals surface area (Å²) in [5.41, 5.74) is 10.2. The molecule has 0 aliphatic carbocycles. The number of anilines is 1. The Labute approximate surface area is 110 Å². The topological polar surface area (TPSA) is 38.9 Å². The Morgan fingerprint density at radius 3 is 2.78 bits per heavy atom. The third kappa shape index (κ3) is 2.09. The quantitative estimate of drug-likeness (QED) is 0.707. The van der Waals surface area contributed by atoms with E-state index in [1.165, 1.54) is 15.8 Å². The number of hydrogen-bond donors (Lipinski definition) is 1. The number of rotatable bonds is 2. The first-order valence-corrected chi connectivity index (χ1v) is 6.73. The average Bonchev–Trinajstić information content (AvgIpc) is 2.73. The lowest BCUT2D eigenvalue weighted by Gasteiger charge is -1.98. The highest BCUT2D eigenvalue weighted by molar-refractivity contribution is 7.18. The minimum atomic E-state index is 0.810. The fraction of sp³-hybridized carbons (Fsp3) is 0.133. The second-order valence-electron chi connectivity index (χ2n) is 4.45. The van der Waals surface area contributed by atoms with E-state index in [0.717, 1.165) is 22.6 Å². The molecular formula is C15H14N2S. The largest absolute Gasteiger partial charge is 0.399 e. The summed E-state index contributed by atoms with van der Waals surface area (Å²) in [7, 11) is 0. The van der Waals surface area contributed by atoms with Gasteiger partial charge in [0.05, 0.1) is 15.2 Å². The maximum atomic E-state index is 5.79. The summed E-state index contributed by atoms with van der Waals surface area (Å²) in [5, 5.41) is 1.14. The highest BCUT2D eigenvalue weighted by Gasteiger charge is 2.06. The highest BCUT2D eigenvalue weighted by atomic mass is 32.1. The van der Waals surface area contributed by atoms with Gasteiger partial charge in [0.15, 0.2) is 0 Å². The highest BCUT2D eigenvalue weighted by Crippen LogP contribution is 2.26. The molecule has 0 radical (unpaired) electrons. The second kappa shape index (κ2) is 4.42. The Hall–Kier alpha value is -1.87. The fourth-order valence-electron chi connectivity index (χ4n) is 2.09. The van der Waals surface area contributed by atoms with Crippen molar-refractivity contribution >= 4 is 27.2 Å². The second-order valence-corrected chi connectivity index (χ2v) is 5.57. The number of hydrogen-bond acceptors (Lipinski definition) is 3. The number of para-hydroxylation sites is 1. The van der Waals surface area contributed by atoms with Crippen molar-refractivity contribution in [2.24, 2.45) is 0 Å². The van der Waals surface area contributed by atoms with Gasteiger partial charge in [-0.1, -0.05) is 24.3 Å². The molecule has 0 bridgehead atoms. The molecule has 2 N–H and O–H groups in total. The molecular weight excluding hydrogens is 240 g/mol. The molecule has 2 aromatic carbocycles. The van der Waals surface area contributed by atoms with E-state index < -0.39 is 0 Å². The smallest absolute Gasteiger partial charge is 0.0982 e. The first-order chi connectivity index (χ1) is 8.72. The van der Waals surface area contributed by atoms with Gasteiger partial charge >= 0.3 is 0 Å². The zero-order valence-corrected chi connectivity index (χ0v) is 11.0. The van der Waals surface area contributed by atoms with E-state index in [1.807, 2.05) is 18.2 Å². The SMILES string of the molecule is Cc1cccc2sc(Cc3cccc(N)c3)nc12. The van der Waals surface area contributed by atoms with Crippen molar-refractivity contribution in [2.75, 3.05) is 5.73 Å². The first-order valence-electron chi connectivity index (χ1n) is 5.92. The number of aryl methyl sites for hydroxylation is 1. The molecule has 3 aromatic rings. The molecule has 0 atom stereocenters. The van der Waals surface area contributed by atoms with Crippen molar-refractivity contribution in [3.8, 4) is 0 Å². The molecule has 18 heavy (non-hydrogen) atoms. The van der Waals surface area contributed by atoms with Gasteiger partial charge in [0.2, 0.25) is 0 Å². The molecule has 0 aliphatic rings. The van der Waals surface area contributed by atoms with E-state index >= 15 is 0 Å². The zero-order valence-electron chi connectivity index (χ0n) is 10.2. The van der Waals surface area contributed by atoms with Crippen molar-refractivity contribution in [1.29, 1.82) is 0 Å². The normalized spacial score (nSPS) is 10.9. The summed E-state index contributed by atoms with van der Waals surface area (Å²) >= 11 is 1.76. The first kappa shape index (κ1) is 11.2. The average molecular weight is 254 g/mol. The minimum absolute atomic E-state index is 0.810. The van der Waals surface area contributed by atoms with Gasteiger partial charge in [0, 0.05) is 12.1 Å². The molecule has 3 rings (SSSR count). The number of aromatic nitrogens is 1. The predicted molar refractivity (Wildman–Crippen MR) is 78.0 cm³/mol. The number of fused-ring (bicyclic) bond motifs is 1. The lowest BCUT2D eigenvalue weighted by atomic mass is 10.1. The molecule has 0 fully saturated rings. The number of nitrogen functional groups attached to an aromatic ring is 1. The van der Waals surface area contributed by atoms with Crippen LogP contribution in [0.15, 0.2) is 42.5 Å². The molecule has 0 spiro atoms. The zero-order chi connectivity index (χ0) is 12.5. The van der Waals surface area contributed by atoms with Crippen molar-refractivity contribution in [3.05, 3.63) is 58.6 Å². The van der Waals surface area contributed by atoms with Gasteiger partial charge in [-0.2, -0.15) is 0 Å². The van der Waals surface area contributed by atoms with Gasteiger partial charge in [-0.05, 0) is 36.2 Å². The van der Waals surface area contributed by atoms with Crippen LogP contribution in [0.4, 0.5) is 5.69 Å². The molecule has 0 aliphatic heterocycles. The van der Waals surface area contributed by atoms with E-state index in [9.17, 15) is 0 Å². The molecule has 0 saturated carbocycles. The Morgan fingerprint density at radius 1 is 1.17 bits per heavy atom. The van der Waals surface area contributed by atoms with Crippen LogP contribution in [-0.2, 0) is 6.42 Å². The summed E-state index contributed by atoms with van der Waals surface area (Å²) < 4.78 is 1.26. The Kier molecular flexibility index (Phi) is 2.76. The lowest BCUT2D eigenvalue weighted by molar-refractivity contribution is 1.15. The molecule has 1 aromatic heterocycles. The Balaban J connectivity index is 1.98. The third-order valence-corrected chi connectivity index (χ3v) is 3.99. The van der Waals surface area contributed by atoms with E-state index in [4.69, 9.17) is 10.7 Å². The molecule has 1 heterocycles.